The molecule has 2 aromatic rings. The van der Waals surface area contributed by atoms with E-state index in [0.29, 0.717) is 6.54 Å². The van der Waals surface area contributed by atoms with E-state index in [1.165, 1.54) is 18.2 Å². The van der Waals surface area contributed by atoms with Crippen molar-refractivity contribution in [1.82, 2.24) is 5.32 Å². The lowest BCUT2D eigenvalue weighted by Gasteiger charge is -2.16. The van der Waals surface area contributed by atoms with Crippen molar-refractivity contribution in [2.45, 2.75) is 19.5 Å². The molecule has 0 spiro atoms. The maximum Gasteiger partial charge on any atom is 0.130 e. The highest BCUT2D eigenvalue weighted by Crippen LogP contribution is 2.20. The Morgan fingerprint density at radius 3 is 2.21 bits per heavy atom. The van der Waals surface area contributed by atoms with E-state index in [4.69, 9.17) is 0 Å². The van der Waals surface area contributed by atoms with Crippen molar-refractivity contribution in [3.05, 3.63) is 69.7 Å². The highest BCUT2D eigenvalue weighted by Gasteiger charge is 2.15. The number of benzene rings is 2. The Morgan fingerprint density at radius 2 is 1.63 bits per heavy atom. The first-order valence-electron chi connectivity index (χ1n) is 5.99. The summed E-state index contributed by atoms with van der Waals surface area (Å²) in [5.41, 5.74) is 1.14. The molecule has 1 atom stereocenters. The predicted octanol–water partition coefficient (Wildman–Crippen LogP) is 4.58. The molecule has 2 aromatic carbocycles. The largest absolute Gasteiger partial charge is 0.306 e. The van der Waals surface area contributed by atoms with Crippen LogP contribution in [0.4, 0.5) is 8.78 Å². The van der Waals surface area contributed by atoms with Crippen molar-refractivity contribution < 1.29 is 8.78 Å². The fraction of sp³-hybridized carbons (Fsp3) is 0.200. The van der Waals surface area contributed by atoms with Gasteiger partial charge in [0.15, 0.2) is 0 Å². The maximum atomic E-state index is 13.6. The van der Waals surface area contributed by atoms with Crippen LogP contribution in [0.5, 0.6) is 0 Å². The molecule has 4 heteroatoms. The van der Waals surface area contributed by atoms with Crippen LogP contribution >= 0.6 is 15.9 Å². The van der Waals surface area contributed by atoms with Crippen LogP contribution in [0.25, 0.3) is 0 Å². The van der Waals surface area contributed by atoms with Gasteiger partial charge in [0, 0.05) is 22.6 Å². The quantitative estimate of drug-likeness (QED) is 0.867. The van der Waals surface area contributed by atoms with E-state index in [9.17, 15) is 8.78 Å². The average molecular weight is 326 g/mol. The molecule has 0 heterocycles. The zero-order valence-corrected chi connectivity index (χ0v) is 12.0. The van der Waals surface area contributed by atoms with Crippen molar-refractivity contribution in [2.75, 3.05) is 0 Å². The highest BCUT2D eigenvalue weighted by molar-refractivity contribution is 9.10. The minimum absolute atomic E-state index is 0.0830. The van der Waals surface area contributed by atoms with E-state index in [-0.39, 0.29) is 11.6 Å². The molecule has 0 radical (unpaired) electrons. The Hall–Kier alpha value is -1.26. The Bertz CT molecular complexity index is 534. The van der Waals surface area contributed by atoms with Gasteiger partial charge in [-0.1, -0.05) is 34.1 Å². The Kier molecular flexibility index (Phi) is 4.66. The second-order valence-corrected chi connectivity index (χ2v) is 5.28. The van der Waals surface area contributed by atoms with Gasteiger partial charge in [0.2, 0.25) is 0 Å². The summed E-state index contributed by atoms with van der Waals surface area (Å²) in [4.78, 5) is 0. The molecule has 0 aliphatic heterocycles. The molecule has 0 saturated carbocycles. The van der Waals surface area contributed by atoms with Crippen LogP contribution in [0.3, 0.4) is 0 Å². The zero-order valence-electron chi connectivity index (χ0n) is 10.5. The van der Waals surface area contributed by atoms with Gasteiger partial charge in [-0.05, 0) is 36.8 Å². The summed E-state index contributed by atoms with van der Waals surface area (Å²) in [5.74, 6) is -1.04. The standard InChI is InChI=1S/C15H14BrF2N/c1-10(15-13(17)3-2-4-14(15)18)19-9-11-5-7-12(16)8-6-11/h2-8,10,19H,9H2,1H3. The van der Waals surface area contributed by atoms with E-state index < -0.39 is 11.6 Å². The second kappa shape index (κ2) is 6.26. The first-order chi connectivity index (χ1) is 9.08. The third-order valence-electron chi connectivity index (χ3n) is 2.96. The molecule has 0 aromatic heterocycles. The maximum absolute atomic E-state index is 13.6. The SMILES string of the molecule is CC(NCc1ccc(Br)cc1)c1c(F)cccc1F. The molecule has 0 saturated heterocycles. The fourth-order valence-electron chi connectivity index (χ4n) is 1.90. The first kappa shape index (κ1) is 14.2. The third-order valence-corrected chi connectivity index (χ3v) is 3.49. The van der Waals surface area contributed by atoms with E-state index in [1.807, 2.05) is 24.3 Å². The van der Waals surface area contributed by atoms with Crippen LogP contribution in [-0.2, 0) is 6.54 Å². The lowest BCUT2D eigenvalue weighted by Crippen LogP contribution is -2.20. The van der Waals surface area contributed by atoms with Crippen molar-refractivity contribution in [3.63, 3.8) is 0 Å². The minimum atomic E-state index is -0.518. The van der Waals surface area contributed by atoms with Gasteiger partial charge in [-0.3, -0.25) is 0 Å². The van der Waals surface area contributed by atoms with Gasteiger partial charge in [0.05, 0.1) is 0 Å². The van der Waals surface area contributed by atoms with Crippen molar-refractivity contribution in [3.8, 4) is 0 Å². The lowest BCUT2D eigenvalue weighted by molar-refractivity contribution is 0.487. The number of nitrogens with one attached hydrogen (secondary N) is 1. The Labute approximate surface area is 119 Å². The van der Waals surface area contributed by atoms with Gasteiger partial charge in [-0.15, -0.1) is 0 Å². The summed E-state index contributed by atoms with van der Waals surface area (Å²) in [6, 6.07) is 11.3. The van der Waals surface area contributed by atoms with Gasteiger partial charge in [-0.2, -0.15) is 0 Å². The van der Waals surface area contributed by atoms with E-state index >= 15 is 0 Å². The molecule has 19 heavy (non-hydrogen) atoms. The number of hydrogen-bond donors (Lipinski definition) is 1. The second-order valence-electron chi connectivity index (χ2n) is 4.36. The smallest absolute Gasteiger partial charge is 0.130 e. The molecule has 1 nitrogen and oxygen atoms in total. The molecule has 1 N–H and O–H groups in total. The first-order valence-corrected chi connectivity index (χ1v) is 6.79. The molecule has 2 rings (SSSR count). The summed E-state index contributed by atoms with van der Waals surface area (Å²) in [5, 5.41) is 3.12. The van der Waals surface area contributed by atoms with Gasteiger partial charge in [0.25, 0.3) is 0 Å². The molecule has 0 fully saturated rings. The Morgan fingerprint density at radius 1 is 1.05 bits per heavy atom. The number of rotatable bonds is 4. The summed E-state index contributed by atoms with van der Waals surface area (Å²) in [6.45, 7) is 2.31. The molecular weight excluding hydrogens is 312 g/mol. The normalized spacial score (nSPS) is 12.4. The van der Waals surface area contributed by atoms with Gasteiger partial charge in [0.1, 0.15) is 11.6 Å². The summed E-state index contributed by atoms with van der Waals surface area (Å²) >= 11 is 3.36. The summed E-state index contributed by atoms with van der Waals surface area (Å²) < 4.78 is 28.2. The molecule has 0 bridgehead atoms. The molecule has 100 valence electrons. The number of hydrogen-bond acceptors (Lipinski definition) is 1. The highest BCUT2D eigenvalue weighted by atomic mass is 79.9. The van der Waals surface area contributed by atoms with E-state index in [0.717, 1.165) is 10.0 Å². The van der Waals surface area contributed by atoms with Crippen molar-refractivity contribution >= 4 is 15.9 Å². The zero-order chi connectivity index (χ0) is 13.8. The van der Waals surface area contributed by atoms with Crippen LogP contribution in [-0.4, -0.2) is 0 Å². The molecule has 0 aliphatic carbocycles. The van der Waals surface area contributed by atoms with E-state index in [2.05, 4.69) is 21.2 Å². The predicted molar refractivity (Wildman–Crippen MR) is 75.8 cm³/mol. The monoisotopic (exact) mass is 325 g/mol. The third kappa shape index (κ3) is 3.61. The van der Waals surface area contributed by atoms with Crippen LogP contribution in [0.15, 0.2) is 46.9 Å². The fourth-order valence-corrected chi connectivity index (χ4v) is 2.16. The number of halogens is 3. The van der Waals surface area contributed by atoms with Gasteiger partial charge >= 0.3 is 0 Å². The van der Waals surface area contributed by atoms with Crippen LogP contribution in [0.2, 0.25) is 0 Å². The van der Waals surface area contributed by atoms with Crippen molar-refractivity contribution in [1.29, 1.82) is 0 Å². The molecule has 1 unspecified atom stereocenters. The summed E-state index contributed by atoms with van der Waals surface area (Å²) in [6.07, 6.45) is 0. The topological polar surface area (TPSA) is 12.0 Å². The van der Waals surface area contributed by atoms with Crippen LogP contribution in [0.1, 0.15) is 24.1 Å². The Balaban J connectivity index is 2.05. The van der Waals surface area contributed by atoms with Crippen LogP contribution in [0, 0.1) is 11.6 Å². The molecular formula is C15H14BrF2N. The minimum Gasteiger partial charge on any atom is -0.306 e. The molecule has 0 amide bonds. The van der Waals surface area contributed by atoms with Gasteiger partial charge < -0.3 is 5.32 Å². The van der Waals surface area contributed by atoms with Gasteiger partial charge in [-0.25, -0.2) is 8.78 Å². The van der Waals surface area contributed by atoms with E-state index in [1.54, 1.807) is 6.92 Å². The summed E-state index contributed by atoms with van der Waals surface area (Å²) in [7, 11) is 0. The molecule has 0 aliphatic rings. The van der Waals surface area contributed by atoms with Crippen molar-refractivity contribution in [2.24, 2.45) is 0 Å². The lowest BCUT2D eigenvalue weighted by atomic mass is 10.1. The van der Waals surface area contributed by atoms with Crippen LogP contribution < -0.4 is 5.32 Å². The average Bonchev–Trinajstić information content (AvgIpc) is 2.38.